The molecule has 0 aliphatic carbocycles. The van der Waals surface area contributed by atoms with E-state index < -0.39 is 5.82 Å². The third kappa shape index (κ3) is 3.90. The molecule has 104 valence electrons. The lowest BCUT2D eigenvalue weighted by Gasteiger charge is -2.11. The van der Waals surface area contributed by atoms with Crippen molar-refractivity contribution >= 4 is 5.84 Å². The number of hydrogen-bond acceptors (Lipinski definition) is 4. The highest BCUT2D eigenvalue weighted by Crippen LogP contribution is 2.12. The highest BCUT2D eigenvalue weighted by Gasteiger charge is 2.14. The van der Waals surface area contributed by atoms with Crippen LogP contribution in [0.4, 0.5) is 4.39 Å². The topological polar surface area (TPSA) is 79.9 Å². The maximum Gasteiger partial charge on any atom is 0.170 e. The van der Waals surface area contributed by atoms with Gasteiger partial charge in [-0.15, -0.1) is 0 Å². The SMILES string of the molecule is N/C(=N/O)c1cc(F)cc(CNCC2CCCO2)c1. The second kappa shape index (κ2) is 6.49. The molecule has 19 heavy (non-hydrogen) atoms. The molecule has 1 atom stereocenters. The number of oxime groups is 1. The second-order valence-corrected chi connectivity index (χ2v) is 4.60. The highest BCUT2D eigenvalue weighted by molar-refractivity contribution is 5.97. The molecule has 0 radical (unpaired) electrons. The van der Waals surface area contributed by atoms with Gasteiger partial charge in [-0.1, -0.05) is 5.16 Å². The summed E-state index contributed by atoms with van der Waals surface area (Å²) in [5, 5.41) is 14.7. The minimum Gasteiger partial charge on any atom is -0.409 e. The lowest BCUT2D eigenvalue weighted by atomic mass is 10.1. The Labute approximate surface area is 111 Å². The van der Waals surface area contributed by atoms with Crippen LogP contribution in [0, 0.1) is 5.82 Å². The minimum absolute atomic E-state index is 0.0973. The summed E-state index contributed by atoms with van der Waals surface area (Å²) in [6.07, 6.45) is 2.41. The second-order valence-electron chi connectivity index (χ2n) is 4.60. The Morgan fingerprint density at radius 3 is 3.05 bits per heavy atom. The zero-order valence-electron chi connectivity index (χ0n) is 10.6. The van der Waals surface area contributed by atoms with Gasteiger partial charge in [-0.25, -0.2) is 4.39 Å². The van der Waals surface area contributed by atoms with Crippen molar-refractivity contribution in [1.82, 2.24) is 5.32 Å². The van der Waals surface area contributed by atoms with E-state index in [1.165, 1.54) is 12.1 Å². The Morgan fingerprint density at radius 1 is 1.53 bits per heavy atom. The number of hydrogen-bond donors (Lipinski definition) is 3. The van der Waals surface area contributed by atoms with Gasteiger partial charge in [0.1, 0.15) is 5.82 Å². The average molecular weight is 267 g/mol. The molecule has 1 aliphatic rings. The molecule has 4 N–H and O–H groups in total. The summed E-state index contributed by atoms with van der Waals surface area (Å²) in [4.78, 5) is 0. The first-order valence-electron chi connectivity index (χ1n) is 6.28. The fraction of sp³-hybridized carbons (Fsp3) is 0.462. The maximum atomic E-state index is 13.4. The molecule has 1 fully saturated rings. The summed E-state index contributed by atoms with van der Waals surface area (Å²) < 4.78 is 18.9. The van der Waals surface area contributed by atoms with Gasteiger partial charge in [-0.05, 0) is 36.6 Å². The lowest BCUT2D eigenvalue weighted by molar-refractivity contribution is 0.110. The van der Waals surface area contributed by atoms with Crippen LogP contribution in [0.25, 0.3) is 0 Å². The van der Waals surface area contributed by atoms with E-state index in [1.54, 1.807) is 6.07 Å². The Kier molecular flexibility index (Phi) is 4.70. The van der Waals surface area contributed by atoms with Gasteiger partial charge in [-0.2, -0.15) is 0 Å². The summed E-state index contributed by atoms with van der Waals surface area (Å²) in [6.45, 7) is 2.08. The monoisotopic (exact) mass is 267 g/mol. The summed E-state index contributed by atoms with van der Waals surface area (Å²) in [5.41, 5.74) is 6.57. The summed E-state index contributed by atoms with van der Waals surface area (Å²) in [7, 11) is 0. The number of nitrogens with zero attached hydrogens (tertiary/aromatic N) is 1. The molecule has 1 aromatic rings. The molecular formula is C13H18FN3O2. The van der Waals surface area contributed by atoms with E-state index in [0.717, 1.165) is 31.6 Å². The first kappa shape index (κ1) is 13.8. The van der Waals surface area contributed by atoms with Crippen molar-refractivity contribution in [3.63, 3.8) is 0 Å². The van der Waals surface area contributed by atoms with Crippen LogP contribution in [0.1, 0.15) is 24.0 Å². The van der Waals surface area contributed by atoms with Gasteiger partial charge in [0.2, 0.25) is 0 Å². The van der Waals surface area contributed by atoms with Crippen molar-refractivity contribution in [3.05, 3.63) is 35.1 Å². The van der Waals surface area contributed by atoms with Gasteiger partial charge in [0.15, 0.2) is 5.84 Å². The standard InChI is InChI=1S/C13H18FN3O2/c14-11-5-9(4-10(6-11)13(15)17-18)7-16-8-12-2-1-3-19-12/h4-6,12,16,18H,1-3,7-8H2,(H2,15,17). The van der Waals surface area contributed by atoms with E-state index in [4.69, 9.17) is 15.7 Å². The van der Waals surface area contributed by atoms with Crippen molar-refractivity contribution in [3.8, 4) is 0 Å². The molecule has 1 saturated heterocycles. The molecule has 0 aromatic heterocycles. The minimum atomic E-state index is -0.405. The first-order chi connectivity index (χ1) is 9.19. The zero-order chi connectivity index (χ0) is 13.7. The smallest absolute Gasteiger partial charge is 0.170 e. The number of benzene rings is 1. The first-order valence-corrected chi connectivity index (χ1v) is 6.28. The van der Waals surface area contributed by atoms with Crippen molar-refractivity contribution in [2.75, 3.05) is 13.2 Å². The quantitative estimate of drug-likeness (QED) is 0.324. The van der Waals surface area contributed by atoms with Crippen LogP contribution in [0.15, 0.2) is 23.4 Å². The fourth-order valence-electron chi connectivity index (χ4n) is 2.14. The third-order valence-electron chi connectivity index (χ3n) is 3.09. The molecule has 0 amide bonds. The number of nitrogens with two attached hydrogens (primary N) is 1. The van der Waals surface area contributed by atoms with Crippen LogP contribution >= 0.6 is 0 Å². The highest BCUT2D eigenvalue weighted by atomic mass is 19.1. The molecule has 5 nitrogen and oxygen atoms in total. The molecule has 1 aromatic carbocycles. The molecule has 2 rings (SSSR count). The number of nitrogens with one attached hydrogen (secondary N) is 1. The molecular weight excluding hydrogens is 249 g/mol. The van der Waals surface area contributed by atoms with Gasteiger partial charge >= 0.3 is 0 Å². The predicted molar refractivity (Wildman–Crippen MR) is 69.6 cm³/mol. The van der Waals surface area contributed by atoms with Crippen molar-refractivity contribution in [2.45, 2.75) is 25.5 Å². The molecule has 0 bridgehead atoms. The summed E-state index contributed by atoms with van der Waals surface area (Å²) in [5.74, 6) is -0.502. The van der Waals surface area contributed by atoms with Crippen LogP contribution in [0.5, 0.6) is 0 Å². The fourth-order valence-corrected chi connectivity index (χ4v) is 2.14. The van der Waals surface area contributed by atoms with Crippen LogP contribution in [0.2, 0.25) is 0 Å². The van der Waals surface area contributed by atoms with E-state index in [9.17, 15) is 4.39 Å². The van der Waals surface area contributed by atoms with Crippen LogP contribution < -0.4 is 11.1 Å². The molecule has 6 heteroatoms. The van der Waals surface area contributed by atoms with Gasteiger partial charge < -0.3 is 21.0 Å². The molecule has 1 heterocycles. The van der Waals surface area contributed by atoms with Gasteiger partial charge in [0, 0.05) is 25.3 Å². The van der Waals surface area contributed by atoms with E-state index >= 15 is 0 Å². The Bertz CT molecular complexity index is 459. The van der Waals surface area contributed by atoms with E-state index in [0.29, 0.717) is 12.1 Å². The molecule has 1 aliphatic heterocycles. The van der Waals surface area contributed by atoms with Crippen LogP contribution in [-0.2, 0) is 11.3 Å². The number of halogens is 1. The average Bonchev–Trinajstić information content (AvgIpc) is 2.90. The molecule has 0 saturated carbocycles. The van der Waals surface area contributed by atoms with Crippen molar-refractivity contribution in [2.24, 2.45) is 10.9 Å². The Balaban J connectivity index is 1.93. The lowest BCUT2D eigenvalue weighted by Crippen LogP contribution is -2.26. The van der Waals surface area contributed by atoms with Crippen molar-refractivity contribution < 1.29 is 14.3 Å². The van der Waals surface area contributed by atoms with E-state index in [2.05, 4.69) is 10.5 Å². The third-order valence-corrected chi connectivity index (χ3v) is 3.09. The van der Waals surface area contributed by atoms with Crippen LogP contribution in [0.3, 0.4) is 0 Å². The Hall–Kier alpha value is -1.66. The van der Waals surface area contributed by atoms with Crippen LogP contribution in [-0.4, -0.2) is 30.3 Å². The van der Waals surface area contributed by atoms with E-state index in [1.807, 2.05) is 0 Å². The normalized spacial score (nSPS) is 19.8. The predicted octanol–water partition coefficient (Wildman–Crippen LogP) is 1.19. The number of rotatable bonds is 5. The summed E-state index contributed by atoms with van der Waals surface area (Å²) >= 11 is 0. The number of amidine groups is 1. The number of ether oxygens (including phenoxy) is 1. The summed E-state index contributed by atoms with van der Waals surface area (Å²) in [6, 6.07) is 4.36. The van der Waals surface area contributed by atoms with Gasteiger partial charge in [-0.3, -0.25) is 0 Å². The van der Waals surface area contributed by atoms with Gasteiger partial charge in [0.05, 0.1) is 6.10 Å². The maximum absolute atomic E-state index is 13.4. The van der Waals surface area contributed by atoms with E-state index in [-0.39, 0.29) is 11.9 Å². The van der Waals surface area contributed by atoms with Crippen molar-refractivity contribution in [1.29, 1.82) is 0 Å². The Morgan fingerprint density at radius 2 is 2.37 bits per heavy atom. The molecule has 0 spiro atoms. The zero-order valence-corrected chi connectivity index (χ0v) is 10.6. The largest absolute Gasteiger partial charge is 0.409 e. The van der Waals surface area contributed by atoms with Gasteiger partial charge in [0.25, 0.3) is 0 Å². The molecule has 1 unspecified atom stereocenters.